The van der Waals surface area contributed by atoms with Crippen LogP contribution in [-0.2, 0) is 16.1 Å². The van der Waals surface area contributed by atoms with Crippen molar-refractivity contribution in [3.05, 3.63) is 63.1 Å². The molecule has 0 bridgehead atoms. The number of nitrogens with one attached hydrogen (secondary N) is 1. The fourth-order valence-electron chi connectivity index (χ4n) is 2.58. The van der Waals surface area contributed by atoms with Crippen LogP contribution in [-0.4, -0.2) is 34.6 Å². The molecule has 0 radical (unpaired) electrons. The third kappa shape index (κ3) is 7.41. The highest BCUT2D eigenvalue weighted by Gasteiger charge is 2.27. The van der Waals surface area contributed by atoms with Crippen molar-refractivity contribution in [1.82, 2.24) is 10.2 Å². The van der Waals surface area contributed by atoms with Crippen LogP contribution < -0.4 is 5.32 Å². The highest BCUT2D eigenvalue weighted by Crippen LogP contribution is 2.25. The van der Waals surface area contributed by atoms with Crippen molar-refractivity contribution in [2.75, 3.05) is 5.75 Å². The number of benzene rings is 2. The molecule has 0 saturated heterocycles. The zero-order valence-electron chi connectivity index (χ0n) is 16.4. The molecular weight excluding hydrogens is 451 g/mol. The van der Waals surface area contributed by atoms with Gasteiger partial charge in [0.1, 0.15) is 6.04 Å². The Morgan fingerprint density at radius 3 is 2.21 bits per heavy atom. The quantitative estimate of drug-likeness (QED) is 0.502. The first-order valence-electron chi connectivity index (χ1n) is 9.09. The largest absolute Gasteiger partial charge is 0.352 e. The summed E-state index contributed by atoms with van der Waals surface area (Å²) in [6.45, 7) is 5.68. The van der Waals surface area contributed by atoms with Crippen molar-refractivity contribution in [3.8, 4) is 0 Å². The van der Waals surface area contributed by atoms with E-state index in [1.54, 1.807) is 37.3 Å². The summed E-state index contributed by atoms with van der Waals surface area (Å²) in [6.07, 6.45) is 0. The van der Waals surface area contributed by atoms with Crippen molar-refractivity contribution in [2.24, 2.45) is 0 Å². The lowest BCUT2D eigenvalue weighted by Gasteiger charge is -2.29. The van der Waals surface area contributed by atoms with Crippen molar-refractivity contribution in [3.63, 3.8) is 0 Å². The molecule has 2 aromatic rings. The van der Waals surface area contributed by atoms with Gasteiger partial charge < -0.3 is 10.2 Å². The minimum Gasteiger partial charge on any atom is -0.352 e. The number of rotatable bonds is 8. The van der Waals surface area contributed by atoms with Crippen LogP contribution in [0.3, 0.4) is 0 Å². The standard InChI is InChI=1S/C21H23Cl3N2O2S/c1-13(2)25-21(28)14(3)26(11-15-4-5-17(23)10-19(15)24)20(27)12-29-18-8-6-16(22)7-9-18/h4-10,13-14H,11-12H2,1-3H3,(H,25,28)/t14-/m0/s1. The SMILES string of the molecule is CC(C)NC(=O)[C@H](C)N(Cc1ccc(Cl)cc1Cl)C(=O)CSc1ccc(Cl)cc1. The molecule has 4 nitrogen and oxygen atoms in total. The van der Waals surface area contributed by atoms with Gasteiger partial charge in [-0.3, -0.25) is 9.59 Å². The van der Waals surface area contributed by atoms with E-state index in [0.717, 1.165) is 10.5 Å². The highest BCUT2D eigenvalue weighted by molar-refractivity contribution is 8.00. The number of thioether (sulfide) groups is 1. The molecular formula is C21H23Cl3N2O2S. The lowest BCUT2D eigenvalue weighted by atomic mass is 10.1. The van der Waals surface area contributed by atoms with Crippen LogP contribution >= 0.6 is 46.6 Å². The lowest BCUT2D eigenvalue weighted by Crippen LogP contribution is -2.49. The van der Waals surface area contributed by atoms with Gasteiger partial charge in [-0.15, -0.1) is 11.8 Å². The third-order valence-corrected chi connectivity index (χ3v) is 5.97. The van der Waals surface area contributed by atoms with Crippen LogP contribution in [0.15, 0.2) is 47.4 Å². The predicted molar refractivity (Wildman–Crippen MR) is 122 cm³/mol. The normalized spacial score (nSPS) is 12.0. The molecule has 0 aliphatic carbocycles. The van der Waals surface area contributed by atoms with Gasteiger partial charge >= 0.3 is 0 Å². The van der Waals surface area contributed by atoms with Crippen LogP contribution in [0.5, 0.6) is 0 Å². The Hall–Kier alpha value is -1.40. The molecule has 1 N–H and O–H groups in total. The van der Waals surface area contributed by atoms with Crippen molar-refractivity contribution >= 4 is 58.4 Å². The summed E-state index contributed by atoms with van der Waals surface area (Å²) in [4.78, 5) is 28.0. The van der Waals surface area contributed by atoms with E-state index >= 15 is 0 Å². The average molecular weight is 474 g/mol. The fourth-order valence-corrected chi connectivity index (χ4v) is 3.96. The maximum atomic E-state index is 13.0. The Balaban J connectivity index is 2.18. The van der Waals surface area contributed by atoms with E-state index in [0.29, 0.717) is 15.1 Å². The van der Waals surface area contributed by atoms with Gasteiger partial charge in [0.25, 0.3) is 0 Å². The molecule has 0 spiro atoms. The maximum absolute atomic E-state index is 13.0. The predicted octanol–water partition coefficient (Wildman–Crippen LogP) is 5.68. The topological polar surface area (TPSA) is 49.4 Å². The van der Waals surface area contributed by atoms with E-state index < -0.39 is 6.04 Å². The van der Waals surface area contributed by atoms with E-state index in [1.807, 2.05) is 26.0 Å². The van der Waals surface area contributed by atoms with Crippen LogP contribution in [0.25, 0.3) is 0 Å². The Bertz CT molecular complexity index is 860. The first-order chi connectivity index (χ1) is 13.7. The first-order valence-corrected chi connectivity index (χ1v) is 11.2. The van der Waals surface area contributed by atoms with Gasteiger partial charge in [-0.2, -0.15) is 0 Å². The second kappa shape index (κ2) is 11.1. The monoisotopic (exact) mass is 472 g/mol. The molecule has 0 aliphatic rings. The van der Waals surface area contributed by atoms with Gasteiger partial charge in [-0.05, 0) is 62.7 Å². The average Bonchev–Trinajstić information content (AvgIpc) is 2.65. The molecule has 156 valence electrons. The van der Waals surface area contributed by atoms with Crippen molar-refractivity contribution in [1.29, 1.82) is 0 Å². The van der Waals surface area contributed by atoms with Crippen LogP contribution in [0, 0.1) is 0 Å². The molecule has 1 atom stereocenters. The van der Waals surface area contributed by atoms with Crippen LogP contribution in [0.1, 0.15) is 26.3 Å². The summed E-state index contributed by atoms with van der Waals surface area (Å²) in [6, 6.07) is 11.7. The third-order valence-electron chi connectivity index (χ3n) is 4.13. The number of carbonyl (C=O) groups is 2. The van der Waals surface area contributed by atoms with E-state index in [1.165, 1.54) is 16.7 Å². The molecule has 0 saturated carbocycles. The van der Waals surface area contributed by atoms with Gasteiger partial charge in [-0.1, -0.05) is 40.9 Å². The number of nitrogens with zero attached hydrogens (tertiary/aromatic N) is 1. The molecule has 29 heavy (non-hydrogen) atoms. The molecule has 8 heteroatoms. The molecule has 0 fully saturated rings. The smallest absolute Gasteiger partial charge is 0.242 e. The van der Waals surface area contributed by atoms with E-state index in [-0.39, 0.29) is 30.2 Å². The Morgan fingerprint density at radius 1 is 1.00 bits per heavy atom. The summed E-state index contributed by atoms with van der Waals surface area (Å²) in [7, 11) is 0. The molecule has 0 aromatic heterocycles. The molecule has 0 unspecified atom stereocenters. The van der Waals surface area contributed by atoms with Gasteiger partial charge in [0.15, 0.2) is 0 Å². The Morgan fingerprint density at radius 2 is 1.62 bits per heavy atom. The molecule has 2 rings (SSSR count). The number of carbonyl (C=O) groups excluding carboxylic acids is 2. The summed E-state index contributed by atoms with van der Waals surface area (Å²) in [5.74, 6) is -0.191. The Labute approximate surface area is 190 Å². The zero-order valence-corrected chi connectivity index (χ0v) is 19.5. The van der Waals surface area contributed by atoms with Gasteiger partial charge in [0.2, 0.25) is 11.8 Å². The van der Waals surface area contributed by atoms with E-state index in [2.05, 4.69) is 5.32 Å². The maximum Gasteiger partial charge on any atom is 0.242 e. The van der Waals surface area contributed by atoms with Crippen molar-refractivity contribution in [2.45, 2.75) is 44.3 Å². The van der Waals surface area contributed by atoms with Gasteiger partial charge in [0, 0.05) is 32.5 Å². The lowest BCUT2D eigenvalue weighted by molar-refractivity contribution is -0.138. The number of hydrogen-bond acceptors (Lipinski definition) is 3. The second-order valence-electron chi connectivity index (χ2n) is 6.84. The van der Waals surface area contributed by atoms with Gasteiger partial charge in [-0.25, -0.2) is 0 Å². The summed E-state index contributed by atoms with van der Waals surface area (Å²) in [5, 5.41) is 4.47. The summed E-state index contributed by atoms with van der Waals surface area (Å²) < 4.78 is 0. The zero-order chi connectivity index (χ0) is 21.6. The number of amides is 2. The Kier molecular flexibility index (Phi) is 9.15. The van der Waals surface area contributed by atoms with Crippen LogP contribution in [0.4, 0.5) is 0 Å². The fraction of sp³-hybridized carbons (Fsp3) is 0.333. The van der Waals surface area contributed by atoms with E-state index in [4.69, 9.17) is 34.8 Å². The molecule has 2 amide bonds. The highest BCUT2D eigenvalue weighted by atomic mass is 35.5. The molecule has 0 aliphatic heterocycles. The minimum atomic E-state index is -0.650. The molecule has 0 heterocycles. The van der Waals surface area contributed by atoms with E-state index in [9.17, 15) is 9.59 Å². The van der Waals surface area contributed by atoms with Crippen LogP contribution in [0.2, 0.25) is 15.1 Å². The first kappa shape index (κ1) is 23.9. The summed E-state index contributed by atoms with van der Waals surface area (Å²) >= 11 is 19.6. The van der Waals surface area contributed by atoms with Gasteiger partial charge in [0.05, 0.1) is 5.75 Å². The van der Waals surface area contributed by atoms with Crippen molar-refractivity contribution < 1.29 is 9.59 Å². The molecule has 2 aromatic carbocycles. The minimum absolute atomic E-state index is 0.0236. The number of halogens is 3. The number of hydrogen-bond donors (Lipinski definition) is 1. The second-order valence-corrected chi connectivity index (χ2v) is 9.17. The summed E-state index contributed by atoms with van der Waals surface area (Å²) in [5.41, 5.74) is 0.727.